The third kappa shape index (κ3) is 2.71. The Morgan fingerprint density at radius 3 is 2.62 bits per heavy atom. The number of anilines is 2. The molecule has 0 fully saturated rings. The molecule has 1 aromatic heterocycles. The zero-order valence-corrected chi connectivity index (χ0v) is 12.4. The third-order valence-electron chi connectivity index (χ3n) is 3.06. The molecule has 0 aliphatic rings. The van der Waals surface area contributed by atoms with Gasteiger partial charge in [0.05, 0.1) is 16.8 Å². The molecule has 0 atom stereocenters. The second-order valence-electron chi connectivity index (χ2n) is 4.45. The fraction of sp³-hybridized carbons (Fsp3) is 0. The summed E-state index contributed by atoms with van der Waals surface area (Å²) >= 11 is 3.37. The Kier molecular flexibility index (Phi) is 3.55. The van der Waals surface area contributed by atoms with Crippen LogP contribution in [0.1, 0.15) is 5.56 Å². The summed E-state index contributed by atoms with van der Waals surface area (Å²) in [6.07, 6.45) is 1.49. The molecule has 0 bridgehead atoms. The van der Waals surface area contributed by atoms with Gasteiger partial charge in [-0.1, -0.05) is 15.9 Å². The molecule has 1 heterocycles. The van der Waals surface area contributed by atoms with Crippen molar-refractivity contribution in [3.8, 4) is 6.07 Å². The van der Waals surface area contributed by atoms with Crippen LogP contribution >= 0.6 is 15.9 Å². The molecule has 1 N–H and O–H groups in total. The van der Waals surface area contributed by atoms with E-state index in [4.69, 9.17) is 0 Å². The summed E-state index contributed by atoms with van der Waals surface area (Å²) in [6.45, 7) is 0. The lowest BCUT2D eigenvalue weighted by Gasteiger charge is -2.11. The molecule has 3 rings (SSSR count). The smallest absolute Gasteiger partial charge is 0.124 e. The zero-order chi connectivity index (χ0) is 14.8. The Hall–Kier alpha value is -2.45. The van der Waals surface area contributed by atoms with Gasteiger partial charge in [-0.25, -0.2) is 4.39 Å². The van der Waals surface area contributed by atoms with Gasteiger partial charge < -0.3 is 5.32 Å². The summed E-state index contributed by atoms with van der Waals surface area (Å²) in [5, 5.41) is 13.0. The second-order valence-corrected chi connectivity index (χ2v) is 5.37. The van der Waals surface area contributed by atoms with Crippen LogP contribution in [0, 0.1) is 17.1 Å². The van der Waals surface area contributed by atoms with Crippen LogP contribution in [-0.2, 0) is 0 Å². The first-order valence-corrected chi connectivity index (χ1v) is 6.97. The molecule has 0 saturated heterocycles. The zero-order valence-electron chi connectivity index (χ0n) is 10.8. The van der Waals surface area contributed by atoms with Gasteiger partial charge in [0, 0.05) is 21.7 Å². The van der Waals surface area contributed by atoms with Crippen LogP contribution in [-0.4, -0.2) is 4.98 Å². The summed E-state index contributed by atoms with van der Waals surface area (Å²) in [5.41, 5.74) is 2.38. The number of hydrogen-bond donors (Lipinski definition) is 1. The van der Waals surface area contributed by atoms with E-state index in [0.29, 0.717) is 22.2 Å². The minimum atomic E-state index is -0.363. The van der Waals surface area contributed by atoms with Crippen molar-refractivity contribution >= 4 is 38.2 Å². The summed E-state index contributed by atoms with van der Waals surface area (Å²) in [4.78, 5) is 4.17. The highest BCUT2D eigenvalue weighted by Crippen LogP contribution is 2.29. The average molecular weight is 342 g/mol. The second kappa shape index (κ2) is 5.51. The van der Waals surface area contributed by atoms with Crippen molar-refractivity contribution in [1.29, 1.82) is 5.26 Å². The normalized spacial score (nSPS) is 10.3. The van der Waals surface area contributed by atoms with E-state index < -0.39 is 0 Å². The molecule has 2 aromatic carbocycles. The molecule has 0 aliphatic carbocycles. The van der Waals surface area contributed by atoms with Crippen molar-refractivity contribution < 1.29 is 4.39 Å². The summed E-state index contributed by atoms with van der Waals surface area (Å²) < 4.78 is 14.5. The maximum Gasteiger partial charge on any atom is 0.124 e. The van der Waals surface area contributed by atoms with Crippen LogP contribution in [0.25, 0.3) is 10.9 Å². The van der Waals surface area contributed by atoms with Crippen LogP contribution in [0.15, 0.2) is 53.1 Å². The Morgan fingerprint density at radius 1 is 1.14 bits per heavy atom. The van der Waals surface area contributed by atoms with E-state index in [0.717, 1.165) is 10.2 Å². The Balaban J connectivity index is 2.17. The number of aromatic nitrogens is 1. The average Bonchev–Trinajstić information content (AvgIpc) is 2.50. The fourth-order valence-electron chi connectivity index (χ4n) is 2.06. The first kappa shape index (κ1) is 13.5. The molecule has 0 radical (unpaired) electrons. The molecule has 5 heteroatoms. The maximum absolute atomic E-state index is 13.5. The van der Waals surface area contributed by atoms with Crippen molar-refractivity contribution in [3.63, 3.8) is 0 Å². The molecule has 21 heavy (non-hydrogen) atoms. The van der Waals surface area contributed by atoms with Gasteiger partial charge in [-0.2, -0.15) is 5.26 Å². The highest BCUT2D eigenvalue weighted by molar-refractivity contribution is 9.10. The highest BCUT2D eigenvalue weighted by atomic mass is 79.9. The molecular formula is C16H9BrFN3. The number of nitrogens with zero attached hydrogens (tertiary/aromatic N) is 2. The van der Waals surface area contributed by atoms with Gasteiger partial charge in [0.15, 0.2) is 0 Å². The van der Waals surface area contributed by atoms with Crippen LogP contribution in [0.5, 0.6) is 0 Å². The number of benzene rings is 2. The van der Waals surface area contributed by atoms with Crippen molar-refractivity contribution in [2.75, 3.05) is 5.32 Å². The van der Waals surface area contributed by atoms with Crippen LogP contribution in [0.4, 0.5) is 15.8 Å². The van der Waals surface area contributed by atoms with Gasteiger partial charge in [0.1, 0.15) is 11.9 Å². The van der Waals surface area contributed by atoms with Crippen molar-refractivity contribution in [1.82, 2.24) is 4.98 Å². The van der Waals surface area contributed by atoms with Crippen LogP contribution in [0.3, 0.4) is 0 Å². The molecule has 102 valence electrons. The fourth-order valence-corrected chi connectivity index (χ4v) is 2.33. The number of fused-ring (bicyclic) bond motifs is 1. The minimum Gasteiger partial charge on any atom is -0.354 e. The molecule has 0 amide bonds. The topological polar surface area (TPSA) is 48.7 Å². The van der Waals surface area contributed by atoms with Crippen molar-refractivity contribution in [2.45, 2.75) is 0 Å². The lowest BCUT2D eigenvalue weighted by atomic mass is 10.1. The number of nitriles is 1. The largest absolute Gasteiger partial charge is 0.354 e. The molecule has 3 aromatic rings. The van der Waals surface area contributed by atoms with Crippen LogP contribution in [0.2, 0.25) is 0 Å². The number of hydrogen-bond acceptors (Lipinski definition) is 3. The molecule has 0 saturated carbocycles. The Labute approximate surface area is 129 Å². The molecule has 0 aliphatic heterocycles. The highest BCUT2D eigenvalue weighted by Gasteiger charge is 2.10. The SMILES string of the molecule is N#Cc1cnc2ccc(F)cc2c1Nc1ccc(Br)cc1. The van der Waals surface area contributed by atoms with Crippen molar-refractivity contribution in [3.05, 3.63) is 64.5 Å². The number of nitrogens with one attached hydrogen (secondary N) is 1. The quantitative estimate of drug-likeness (QED) is 0.731. The maximum atomic E-state index is 13.5. The van der Waals surface area contributed by atoms with Crippen molar-refractivity contribution in [2.24, 2.45) is 0 Å². The monoisotopic (exact) mass is 341 g/mol. The standard InChI is InChI=1S/C16H9BrFN3/c17-11-1-4-13(5-2-11)21-16-10(8-19)9-20-15-6-3-12(18)7-14(15)16/h1-7,9H,(H,20,21). The van der Waals surface area contributed by atoms with Gasteiger partial charge in [-0.15, -0.1) is 0 Å². The summed E-state index contributed by atoms with van der Waals surface area (Å²) in [7, 11) is 0. The first-order valence-electron chi connectivity index (χ1n) is 6.18. The summed E-state index contributed by atoms with van der Waals surface area (Å²) in [6, 6.07) is 13.9. The predicted molar refractivity (Wildman–Crippen MR) is 83.8 cm³/mol. The molecular weight excluding hydrogens is 333 g/mol. The van der Waals surface area contributed by atoms with Gasteiger partial charge in [-0.05, 0) is 42.5 Å². The first-order chi connectivity index (χ1) is 10.2. The van der Waals surface area contributed by atoms with E-state index in [9.17, 15) is 9.65 Å². The van der Waals surface area contributed by atoms with Gasteiger partial charge in [0.2, 0.25) is 0 Å². The third-order valence-corrected chi connectivity index (χ3v) is 3.59. The van der Waals surface area contributed by atoms with E-state index in [-0.39, 0.29) is 5.82 Å². The molecule has 0 spiro atoms. The lowest BCUT2D eigenvalue weighted by molar-refractivity contribution is 0.629. The van der Waals surface area contributed by atoms with Crippen LogP contribution < -0.4 is 5.32 Å². The Bertz CT molecular complexity index is 854. The van der Waals surface area contributed by atoms with E-state index >= 15 is 0 Å². The minimum absolute atomic E-state index is 0.363. The van der Waals surface area contributed by atoms with E-state index in [1.807, 2.05) is 24.3 Å². The Morgan fingerprint density at radius 2 is 1.90 bits per heavy atom. The summed E-state index contributed by atoms with van der Waals surface area (Å²) in [5.74, 6) is -0.363. The number of rotatable bonds is 2. The van der Waals surface area contributed by atoms with E-state index in [1.165, 1.54) is 18.3 Å². The van der Waals surface area contributed by atoms with Gasteiger partial charge in [-0.3, -0.25) is 4.98 Å². The van der Waals surface area contributed by atoms with E-state index in [2.05, 4.69) is 32.3 Å². The number of pyridine rings is 1. The molecule has 0 unspecified atom stereocenters. The van der Waals surface area contributed by atoms with E-state index in [1.54, 1.807) is 6.07 Å². The lowest BCUT2D eigenvalue weighted by Crippen LogP contribution is -1.97. The van der Waals surface area contributed by atoms with Gasteiger partial charge in [0.25, 0.3) is 0 Å². The van der Waals surface area contributed by atoms with Gasteiger partial charge >= 0.3 is 0 Å². The molecule has 3 nitrogen and oxygen atoms in total. The number of halogens is 2. The predicted octanol–water partition coefficient (Wildman–Crippen LogP) is 4.75.